The van der Waals surface area contributed by atoms with E-state index < -0.39 is 0 Å². The molecule has 15 heavy (non-hydrogen) atoms. The van der Waals surface area contributed by atoms with Gasteiger partial charge >= 0.3 is 0 Å². The van der Waals surface area contributed by atoms with Crippen LogP contribution < -0.4 is 4.74 Å². The molecular weight excluding hydrogens is 188 g/mol. The highest BCUT2D eigenvalue weighted by Gasteiger charge is 2.14. The fourth-order valence-corrected chi connectivity index (χ4v) is 1.78. The second-order valence-electron chi connectivity index (χ2n) is 3.53. The van der Waals surface area contributed by atoms with Crippen molar-refractivity contribution in [2.75, 3.05) is 0 Å². The molecule has 0 saturated heterocycles. The highest BCUT2D eigenvalue weighted by molar-refractivity contribution is 5.40. The van der Waals surface area contributed by atoms with Crippen LogP contribution in [0.5, 0.6) is 11.5 Å². The van der Waals surface area contributed by atoms with Crippen LogP contribution in [0.4, 0.5) is 0 Å². The van der Waals surface area contributed by atoms with Crippen molar-refractivity contribution in [1.29, 1.82) is 0 Å². The molecule has 0 bridgehead atoms. The van der Waals surface area contributed by atoms with Crippen molar-refractivity contribution < 1.29 is 4.74 Å². The lowest BCUT2D eigenvalue weighted by molar-refractivity contribution is 0.474. The molecule has 1 aliphatic rings. The zero-order valence-corrected chi connectivity index (χ0v) is 8.18. The highest BCUT2D eigenvalue weighted by Crippen LogP contribution is 2.31. The van der Waals surface area contributed by atoms with Crippen molar-refractivity contribution in [3.8, 4) is 11.5 Å². The molecule has 1 aliphatic heterocycles. The van der Waals surface area contributed by atoms with Crippen LogP contribution in [0.25, 0.3) is 0 Å². The Morgan fingerprint density at radius 1 is 1.07 bits per heavy atom. The monoisotopic (exact) mass is 198 g/mol. The molecule has 3 rings (SSSR count). The maximum absolute atomic E-state index is 5.78. The molecule has 0 aliphatic carbocycles. The van der Waals surface area contributed by atoms with Gasteiger partial charge in [-0.1, -0.05) is 0 Å². The molecule has 0 N–H and O–H groups in total. The topological polar surface area (TPSA) is 35.0 Å². The van der Waals surface area contributed by atoms with E-state index in [0.717, 1.165) is 30.0 Å². The van der Waals surface area contributed by atoms with Crippen molar-refractivity contribution in [3.63, 3.8) is 0 Å². The first-order valence-corrected chi connectivity index (χ1v) is 4.98. The number of hydrogen-bond acceptors (Lipinski definition) is 3. The van der Waals surface area contributed by atoms with Gasteiger partial charge in [-0.05, 0) is 36.6 Å². The molecule has 0 radical (unpaired) electrons. The van der Waals surface area contributed by atoms with E-state index in [-0.39, 0.29) is 0 Å². The Bertz CT molecular complexity index is 451. The van der Waals surface area contributed by atoms with Crippen LogP contribution in [-0.2, 0) is 12.8 Å². The molecule has 0 unspecified atom stereocenters. The molecule has 3 nitrogen and oxygen atoms in total. The van der Waals surface area contributed by atoms with Crippen molar-refractivity contribution in [3.05, 3.63) is 48.0 Å². The summed E-state index contributed by atoms with van der Waals surface area (Å²) in [5.74, 6) is 1.70. The van der Waals surface area contributed by atoms with Crippen molar-refractivity contribution in [2.45, 2.75) is 12.8 Å². The Labute approximate surface area is 87.8 Å². The molecular formula is C12H10N2O. The molecule has 0 spiro atoms. The SMILES string of the molecule is c1cnc2c(c1)Oc1cnccc1CC2. The Morgan fingerprint density at radius 3 is 3.07 bits per heavy atom. The second kappa shape index (κ2) is 3.35. The van der Waals surface area contributed by atoms with Gasteiger partial charge in [0, 0.05) is 12.4 Å². The van der Waals surface area contributed by atoms with E-state index in [1.165, 1.54) is 5.56 Å². The third-order valence-corrected chi connectivity index (χ3v) is 2.57. The van der Waals surface area contributed by atoms with Gasteiger partial charge in [-0.25, -0.2) is 0 Å². The van der Waals surface area contributed by atoms with E-state index in [2.05, 4.69) is 9.97 Å². The average Bonchev–Trinajstić information content (AvgIpc) is 2.48. The number of rotatable bonds is 0. The predicted molar refractivity (Wildman–Crippen MR) is 56.0 cm³/mol. The normalized spacial score (nSPS) is 13.3. The van der Waals surface area contributed by atoms with Crippen molar-refractivity contribution in [2.24, 2.45) is 0 Å². The molecule has 74 valence electrons. The Balaban J connectivity index is 2.10. The molecule has 3 heteroatoms. The minimum Gasteiger partial charge on any atom is -0.454 e. The minimum atomic E-state index is 0.851. The fourth-order valence-electron chi connectivity index (χ4n) is 1.78. The van der Waals surface area contributed by atoms with Crippen molar-refractivity contribution >= 4 is 0 Å². The number of ether oxygens (including phenoxy) is 1. The summed E-state index contributed by atoms with van der Waals surface area (Å²) in [6.45, 7) is 0. The fraction of sp³-hybridized carbons (Fsp3) is 0.167. The van der Waals surface area contributed by atoms with Gasteiger partial charge in [-0.15, -0.1) is 0 Å². The van der Waals surface area contributed by atoms with Gasteiger partial charge in [-0.2, -0.15) is 0 Å². The quantitative estimate of drug-likeness (QED) is 0.651. The summed E-state index contributed by atoms with van der Waals surface area (Å²) in [5.41, 5.74) is 2.22. The third-order valence-electron chi connectivity index (χ3n) is 2.57. The number of nitrogens with zero attached hydrogens (tertiary/aromatic N) is 2. The van der Waals surface area contributed by atoms with Gasteiger partial charge in [0.15, 0.2) is 0 Å². The van der Waals surface area contributed by atoms with E-state index in [4.69, 9.17) is 4.74 Å². The van der Waals surface area contributed by atoms with Crippen LogP contribution in [0, 0.1) is 0 Å². The van der Waals surface area contributed by atoms with Gasteiger partial charge in [-0.3, -0.25) is 9.97 Å². The Hall–Kier alpha value is -1.90. The molecule has 0 saturated carbocycles. The summed E-state index contributed by atoms with van der Waals surface area (Å²) >= 11 is 0. The minimum absolute atomic E-state index is 0.851. The van der Waals surface area contributed by atoms with Crippen LogP contribution in [-0.4, -0.2) is 9.97 Å². The summed E-state index contributed by atoms with van der Waals surface area (Å²) in [5, 5.41) is 0. The number of aromatic nitrogens is 2. The van der Waals surface area contributed by atoms with Crippen LogP contribution in [0.15, 0.2) is 36.8 Å². The lowest BCUT2D eigenvalue weighted by Crippen LogP contribution is -1.91. The van der Waals surface area contributed by atoms with Gasteiger partial charge in [0.1, 0.15) is 11.5 Å². The van der Waals surface area contributed by atoms with E-state index >= 15 is 0 Å². The first kappa shape index (κ1) is 8.41. The summed E-state index contributed by atoms with van der Waals surface area (Å²) in [4.78, 5) is 8.38. The average molecular weight is 198 g/mol. The number of fused-ring (bicyclic) bond motifs is 2. The summed E-state index contributed by atoms with van der Waals surface area (Å²) in [6.07, 6.45) is 7.24. The van der Waals surface area contributed by atoms with Crippen LogP contribution >= 0.6 is 0 Å². The van der Waals surface area contributed by atoms with Gasteiger partial charge < -0.3 is 4.74 Å². The first-order chi connectivity index (χ1) is 7.43. The largest absolute Gasteiger partial charge is 0.454 e. The van der Waals surface area contributed by atoms with E-state index in [9.17, 15) is 0 Å². The van der Waals surface area contributed by atoms with E-state index in [1.807, 2.05) is 18.2 Å². The van der Waals surface area contributed by atoms with Gasteiger partial charge in [0.2, 0.25) is 0 Å². The molecule has 0 atom stereocenters. The molecule has 0 amide bonds. The second-order valence-corrected chi connectivity index (χ2v) is 3.53. The summed E-state index contributed by atoms with van der Waals surface area (Å²) < 4.78 is 5.78. The van der Waals surface area contributed by atoms with Gasteiger partial charge in [0.25, 0.3) is 0 Å². The molecule has 0 aromatic carbocycles. The maximum Gasteiger partial charge on any atom is 0.149 e. The standard InChI is InChI=1S/C12H10N2O/c1-2-11-10(14-6-1)4-3-9-5-7-13-8-12(9)15-11/h1-2,5-8H,3-4H2. The van der Waals surface area contributed by atoms with Crippen LogP contribution in [0.2, 0.25) is 0 Å². The van der Waals surface area contributed by atoms with Crippen LogP contribution in [0.3, 0.4) is 0 Å². The van der Waals surface area contributed by atoms with Crippen LogP contribution in [0.1, 0.15) is 11.3 Å². The zero-order valence-electron chi connectivity index (χ0n) is 8.18. The summed E-state index contributed by atoms with van der Waals surface area (Å²) in [6, 6.07) is 5.84. The molecule has 2 aromatic heterocycles. The number of aryl methyl sites for hydroxylation is 2. The molecule has 0 fully saturated rings. The summed E-state index contributed by atoms with van der Waals surface area (Å²) in [7, 11) is 0. The first-order valence-electron chi connectivity index (χ1n) is 4.98. The lowest BCUT2D eigenvalue weighted by atomic mass is 10.1. The number of hydrogen-bond donors (Lipinski definition) is 0. The number of pyridine rings is 2. The molecule has 2 aromatic rings. The smallest absolute Gasteiger partial charge is 0.149 e. The lowest BCUT2D eigenvalue weighted by Gasteiger charge is -2.06. The van der Waals surface area contributed by atoms with Gasteiger partial charge in [0.05, 0.1) is 11.9 Å². The van der Waals surface area contributed by atoms with Crippen molar-refractivity contribution in [1.82, 2.24) is 9.97 Å². The Kier molecular flexibility index (Phi) is 1.88. The Morgan fingerprint density at radius 2 is 2.07 bits per heavy atom. The molecule has 3 heterocycles. The predicted octanol–water partition coefficient (Wildman–Crippen LogP) is 2.37. The zero-order chi connectivity index (χ0) is 10.1. The highest BCUT2D eigenvalue weighted by atomic mass is 16.5. The van der Waals surface area contributed by atoms with E-state index in [1.54, 1.807) is 18.6 Å². The maximum atomic E-state index is 5.78. The van der Waals surface area contributed by atoms with E-state index in [0.29, 0.717) is 0 Å². The third kappa shape index (κ3) is 1.46.